The van der Waals surface area contributed by atoms with Crippen molar-refractivity contribution in [2.24, 2.45) is 5.16 Å². The number of para-hydroxylation sites is 1. The quantitative estimate of drug-likeness (QED) is 0.426. The molecule has 0 spiro atoms. The largest absolute Gasteiger partial charge is 0.493 e. The first-order valence-corrected chi connectivity index (χ1v) is 8.84. The van der Waals surface area contributed by atoms with Gasteiger partial charge in [0, 0.05) is 5.39 Å². The third kappa shape index (κ3) is 4.34. The molecule has 1 aromatic carbocycles. The molecule has 0 aliphatic rings. The van der Waals surface area contributed by atoms with Crippen LogP contribution in [0.3, 0.4) is 0 Å². The predicted molar refractivity (Wildman–Crippen MR) is 86.8 cm³/mol. The van der Waals surface area contributed by atoms with Crippen molar-refractivity contribution in [2.45, 2.75) is 19.5 Å². The molecule has 7 nitrogen and oxygen atoms in total. The normalized spacial score (nSPS) is 13.0. The van der Waals surface area contributed by atoms with E-state index in [0.717, 1.165) is 6.07 Å². The number of rotatable bonds is 6. The number of ether oxygens (including phenoxy) is 1. The summed E-state index contributed by atoms with van der Waals surface area (Å²) in [5, 5.41) is 2.81. The summed E-state index contributed by atoms with van der Waals surface area (Å²) in [4.78, 5) is 12.0. The lowest BCUT2D eigenvalue weighted by molar-refractivity contribution is -0.0598. The Kier molecular flexibility index (Phi) is 5.59. The van der Waals surface area contributed by atoms with Crippen LogP contribution in [0.4, 0.5) is 13.2 Å². The number of halogens is 3. The molecular formula is C15H14F3NO6S. The van der Waals surface area contributed by atoms with Crippen LogP contribution >= 0.6 is 0 Å². The van der Waals surface area contributed by atoms with Crippen LogP contribution in [0.15, 0.2) is 38.6 Å². The second-order valence-electron chi connectivity index (χ2n) is 5.10. The van der Waals surface area contributed by atoms with Gasteiger partial charge in [-0.15, -0.1) is 0 Å². The third-order valence-electron chi connectivity index (χ3n) is 3.16. The SMILES string of the molecule is CCCS(=O)(=O)O/N=C(\c1cc2cccc(OC)c2oc1=O)C(F)(F)F. The van der Waals surface area contributed by atoms with Crippen molar-refractivity contribution in [3.05, 3.63) is 40.2 Å². The first-order chi connectivity index (χ1) is 12.1. The molecule has 2 aromatic rings. The van der Waals surface area contributed by atoms with Gasteiger partial charge in [-0.1, -0.05) is 24.2 Å². The number of hydrogen-bond acceptors (Lipinski definition) is 7. The monoisotopic (exact) mass is 393 g/mol. The van der Waals surface area contributed by atoms with Crippen molar-refractivity contribution < 1.29 is 35.0 Å². The number of alkyl halides is 3. The van der Waals surface area contributed by atoms with Crippen molar-refractivity contribution in [2.75, 3.05) is 12.9 Å². The van der Waals surface area contributed by atoms with Gasteiger partial charge in [-0.3, -0.25) is 4.28 Å². The van der Waals surface area contributed by atoms with Gasteiger partial charge >= 0.3 is 21.9 Å². The van der Waals surface area contributed by atoms with Gasteiger partial charge in [0.2, 0.25) is 0 Å². The Bertz CT molecular complexity index is 995. The zero-order valence-corrected chi connectivity index (χ0v) is 14.5. The van der Waals surface area contributed by atoms with Crippen LogP contribution in [-0.4, -0.2) is 33.2 Å². The van der Waals surface area contributed by atoms with Gasteiger partial charge in [0.05, 0.1) is 18.4 Å². The van der Waals surface area contributed by atoms with Crippen LogP contribution in [0.2, 0.25) is 0 Å². The van der Waals surface area contributed by atoms with Gasteiger partial charge in [-0.2, -0.15) is 21.6 Å². The minimum Gasteiger partial charge on any atom is -0.493 e. The summed E-state index contributed by atoms with van der Waals surface area (Å²) in [5.41, 5.74) is -4.21. The van der Waals surface area contributed by atoms with Crippen LogP contribution in [0.1, 0.15) is 18.9 Å². The molecule has 26 heavy (non-hydrogen) atoms. The van der Waals surface area contributed by atoms with E-state index in [1.165, 1.54) is 32.2 Å². The van der Waals surface area contributed by atoms with Crippen LogP contribution in [0.5, 0.6) is 5.75 Å². The fourth-order valence-electron chi connectivity index (χ4n) is 2.08. The summed E-state index contributed by atoms with van der Waals surface area (Å²) in [6.45, 7) is 1.50. The van der Waals surface area contributed by atoms with Crippen molar-refractivity contribution in [1.82, 2.24) is 0 Å². The molecule has 0 amide bonds. The number of benzene rings is 1. The molecular weight excluding hydrogens is 379 g/mol. The second kappa shape index (κ2) is 7.36. The second-order valence-corrected chi connectivity index (χ2v) is 6.77. The highest BCUT2D eigenvalue weighted by Gasteiger charge is 2.40. The maximum absolute atomic E-state index is 13.3. The highest BCUT2D eigenvalue weighted by Crippen LogP contribution is 2.27. The molecule has 142 valence electrons. The molecule has 0 N–H and O–H groups in total. The minimum absolute atomic E-state index is 0.0511. The van der Waals surface area contributed by atoms with Gasteiger partial charge in [0.1, 0.15) is 0 Å². The molecule has 0 aliphatic heterocycles. The van der Waals surface area contributed by atoms with E-state index in [4.69, 9.17) is 9.15 Å². The molecule has 0 atom stereocenters. The average Bonchev–Trinajstić information content (AvgIpc) is 2.53. The van der Waals surface area contributed by atoms with E-state index < -0.39 is 38.9 Å². The Hall–Kier alpha value is -2.56. The fraction of sp³-hybridized carbons (Fsp3) is 0.333. The van der Waals surface area contributed by atoms with E-state index >= 15 is 0 Å². The zero-order valence-electron chi connectivity index (χ0n) is 13.7. The van der Waals surface area contributed by atoms with Crippen molar-refractivity contribution in [3.8, 4) is 5.75 Å². The van der Waals surface area contributed by atoms with E-state index in [-0.39, 0.29) is 23.1 Å². The number of nitrogens with zero attached hydrogens (tertiary/aromatic N) is 1. The van der Waals surface area contributed by atoms with Gasteiger partial charge in [0.25, 0.3) is 0 Å². The van der Waals surface area contributed by atoms with Crippen molar-refractivity contribution in [1.29, 1.82) is 0 Å². The third-order valence-corrected chi connectivity index (χ3v) is 4.37. The molecule has 11 heteroatoms. The molecule has 0 bridgehead atoms. The molecule has 0 unspecified atom stereocenters. The fourth-order valence-corrected chi connectivity index (χ4v) is 2.84. The summed E-state index contributed by atoms with van der Waals surface area (Å²) in [5.74, 6) is -0.371. The topological polar surface area (TPSA) is 95.2 Å². The minimum atomic E-state index is -5.15. The predicted octanol–water partition coefficient (Wildman–Crippen LogP) is 2.82. The van der Waals surface area contributed by atoms with Gasteiger partial charge in [0.15, 0.2) is 17.0 Å². The van der Waals surface area contributed by atoms with Crippen LogP contribution < -0.4 is 10.4 Å². The highest BCUT2D eigenvalue weighted by molar-refractivity contribution is 7.86. The number of fused-ring (bicyclic) bond motifs is 1. The number of hydrogen-bond donors (Lipinski definition) is 0. The maximum atomic E-state index is 13.3. The Labute approximate surface area is 146 Å². The van der Waals surface area contributed by atoms with E-state index in [2.05, 4.69) is 9.44 Å². The molecule has 0 radical (unpaired) electrons. The van der Waals surface area contributed by atoms with E-state index in [1.807, 2.05) is 0 Å². The molecule has 0 fully saturated rings. The van der Waals surface area contributed by atoms with E-state index in [1.54, 1.807) is 0 Å². The van der Waals surface area contributed by atoms with E-state index in [0.29, 0.717) is 0 Å². The smallest absolute Gasteiger partial charge is 0.437 e. The maximum Gasteiger partial charge on any atom is 0.437 e. The first-order valence-electron chi connectivity index (χ1n) is 7.27. The summed E-state index contributed by atoms with van der Waals surface area (Å²) >= 11 is 0. The summed E-state index contributed by atoms with van der Waals surface area (Å²) in [6.07, 6.45) is -5.03. The van der Waals surface area contributed by atoms with Crippen LogP contribution in [-0.2, 0) is 14.4 Å². The van der Waals surface area contributed by atoms with Crippen LogP contribution in [0, 0.1) is 0 Å². The standard InChI is InChI=1S/C15H14F3NO6S/c1-3-7-26(21,22)25-19-13(15(16,17)18)10-8-9-5-4-6-11(23-2)12(9)24-14(10)20/h4-6,8H,3,7H2,1-2H3/b19-13+. The molecule has 2 rings (SSSR count). The summed E-state index contributed by atoms with van der Waals surface area (Å²) < 4.78 is 76.7. The molecule has 0 aliphatic carbocycles. The number of methoxy groups -OCH3 is 1. The average molecular weight is 393 g/mol. The Morgan fingerprint density at radius 2 is 2.00 bits per heavy atom. The molecule has 1 aromatic heterocycles. The lowest BCUT2D eigenvalue weighted by Gasteiger charge is -2.10. The van der Waals surface area contributed by atoms with Crippen molar-refractivity contribution in [3.63, 3.8) is 0 Å². The van der Waals surface area contributed by atoms with Crippen molar-refractivity contribution >= 4 is 26.8 Å². The van der Waals surface area contributed by atoms with Crippen LogP contribution in [0.25, 0.3) is 11.0 Å². The highest BCUT2D eigenvalue weighted by atomic mass is 32.2. The Morgan fingerprint density at radius 1 is 1.31 bits per heavy atom. The first kappa shape index (κ1) is 19.8. The number of oxime groups is 1. The van der Waals surface area contributed by atoms with Gasteiger partial charge in [-0.25, -0.2) is 4.79 Å². The Morgan fingerprint density at radius 3 is 2.58 bits per heavy atom. The molecule has 0 saturated heterocycles. The summed E-state index contributed by atoms with van der Waals surface area (Å²) in [7, 11) is -3.00. The Balaban J connectivity index is 2.63. The van der Waals surface area contributed by atoms with E-state index in [9.17, 15) is 26.4 Å². The lowest BCUT2D eigenvalue weighted by atomic mass is 10.1. The lowest BCUT2D eigenvalue weighted by Crippen LogP contribution is -2.30. The zero-order chi connectivity index (χ0) is 19.5. The van der Waals surface area contributed by atoms with Gasteiger partial charge < -0.3 is 9.15 Å². The summed E-state index contributed by atoms with van der Waals surface area (Å²) in [6, 6.07) is 5.22. The molecule has 1 heterocycles. The van der Waals surface area contributed by atoms with Gasteiger partial charge in [-0.05, 0) is 18.6 Å². The molecule has 0 saturated carbocycles.